The number of nitrogens with one attached hydrogen (secondary N) is 1. The van der Waals surface area contributed by atoms with Crippen LogP contribution in [0, 0.1) is 12.3 Å². The lowest BCUT2D eigenvalue weighted by atomic mass is 9.74. The fourth-order valence-corrected chi connectivity index (χ4v) is 3.24. The second-order valence-corrected chi connectivity index (χ2v) is 6.70. The highest BCUT2D eigenvalue weighted by atomic mass is 79.9. The predicted molar refractivity (Wildman–Crippen MR) is 84.4 cm³/mol. The van der Waals surface area contributed by atoms with Gasteiger partial charge in [-0.15, -0.1) is 0 Å². The highest BCUT2D eigenvalue weighted by Gasteiger charge is 2.39. The number of rotatable bonds is 4. The SMILES string of the molecule is Cc1ccc(Br)cc1C(=O)NCC1(C(=O)O)CCCCC1. The van der Waals surface area contributed by atoms with Crippen molar-refractivity contribution in [3.8, 4) is 0 Å². The Bertz CT molecular complexity index is 550. The van der Waals surface area contributed by atoms with Crippen LogP contribution in [0.4, 0.5) is 0 Å². The third-order valence-corrected chi connectivity index (χ3v) is 4.79. The van der Waals surface area contributed by atoms with Crippen molar-refractivity contribution in [1.29, 1.82) is 0 Å². The number of carboxylic acids is 1. The predicted octanol–water partition coefficient (Wildman–Crippen LogP) is 3.52. The fraction of sp³-hybridized carbons (Fsp3) is 0.500. The lowest BCUT2D eigenvalue weighted by Gasteiger charge is -2.33. The Balaban J connectivity index is 2.08. The van der Waals surface area contributed by atoms with Gasteiger partial charge in [0.15, 0.2) is 0 Å². The minimum atomic E-state index is -0.798. The van der Waals surface area contributed by atoms with Gasteiger partial charge in [-0.2, -0.15) is 0 Å². The van der Waals surface area contributed by atoms with Crippen molar-refractivity contribution < 1.29 is 14.7 Å². The number of benzene rings is 1. The summed E-state index contributed by atoms with van der Waals surface area (Å²) in [5, 5.41) is 12.3. The summed E-state index contributed by atoms with van der Waals surface area (Å²) in [5.74, 6) is -1.01. The lowest BCUT2D eigenvalue weighted by Crippen LogP contribution is -2.44. The summed E-state index contributed by atoms with van der Waals surface area (Å²) in [7, 11) is 0. The molecule has 0 aliphatic heterocycles. The minimum absolute atomic E-state index is 0.202. The maximum absolute atomic E-state index is 12.3. The number of carbonyl (C=O) groups excluding carboxylic acids is 1. The quantitative estimate of drug-likeness (QED) is 0.869. The van der Waals surface area contributed by atoms with Crippen molar-refractivity contribution in [3.63, 3.8) is 0 Å². The molecule has 0 unspecified atom stereocenters. The number of hydrogen-bond acceptors (Lipinski definition) is 2. The normalized spacial score (nSPS) is 17.2. The van der Waals surface area contributed by atoms with E-state index < -0.39 is 11.4 Å². The molecule has 0 saturated heterocycles. The minimum Gasteiger partial charge on any atom is -0.481 e. The Kier molecular flexibility index (Phi) is 5.04. The van der Waals surface area contributed by atoms with E-state index in [9.17, 15) is 14.7 Å². The van der Waals surface area contributed by atoms with Gasteiger partial charge < -0.3 is 10.4 Å². The summed E-state index contributed by atoms with van der Waals surface area (Å²) in [6.45, 7) is 2.07. The number of carbonyl (C=O) groups is 2. The van der Waals surface area contributed by atoms with Crippen LogP contribution in [0.1, 0.15) is 48.0 Å². The molecule has 0 atom stereocenters. The van der Waals surface area contributed by atoms with Crippen LogP contribution in [0.5, 0.6) is 0 Å². The van der Waals surface area contributed by atoms with Crippen molar-refractivity contribution in [2.45, 2.75) is 39.0 Å². The van der Waals surface area contributed by atoms with E-state index in [4.69, 9.17) is 0 Å². The molecule has 5 heteroatoms. The summed E-state index contributed by atoms with van der Waals surface area (Å²) in [5.41, 5.74) is 0.665. The highest BCUT2D eigenvalue weighted by molar-refractivity contribution is 9.10. The standard InChI is InChI=1S/C16H20BrNO3/c1-11-5-6-12(17)9-13(11)14(19)18-10-16(15(20)21)7-3-2-4-8-16/h5-6,9H,2-4,7-8,10H2,1H3,(H,18,19)(H,20,21). The average Bonchev–Trinajstić information content (AvgIpc) is 2.48. The van der Waals surface area contributed by atoms with E-state index in [1.807, 2.05) is 19.1 Å². The zero-order valence-electron chi connectivity index (χ0n) is 12.1. The van der Waals surface area contributed by atoms with Crippen molar-refractivity contribution in [2.75, 3.05) is 6.54 Å². The first-order valence-corrected chi connectivity index (χ1v) is 8.02. The van der Waals surface area contributed by atoms with Gasteiger partial charge in [-0.3, -0.25) is 9.59 Å². The molecule has 1 aromatic rings. The second kappa shape index (κ2) is 6.60. The molecule has 1 aromatic carbocycles. The Morgan fingerprint density at radius 1 is 1.29 bits per heavy atom. The van der Waals surface area contributed by atoms with E-state index in [0.29, 0.717) is 18.4 Å². The molecular weight excluding hydrogens is 334 g/mol. The van der Waals surface area contributed by atoms with Crippen LogP contribution in [0.3, 0.4) is 0 Å². The molecule has 0 spiro atoms. The molecule has 2 N–H and O–H groups in total. The third-order valence-electron chi connectivity index (χ3n) is 4.30. The summed E-state index contributed by atoms with van der Waals surface area (Å²) in [4.78, 5) is 23.9. The number of carboxylic acid groups (broad SMARTS) is 1. The first kappa shape index (κ1) is 16.0. The molecule has 21 heavy (non-hydrogen) atoms. The molecule has 1 saturated carbocycles. The third kappa shape index (κ3) is 3.64. The zero-order chi connectivity index (χ0) is 15.5. The van der Waals surface area contributed by atoms with Crippen LogP contribution in [0.25, 0.3) is 0 Å². The summed E-state index contributed by atoms with van der Waals surface area (Å²) in [6.07, 6.45) is 4.18. The van der Waals surface area contributed by atoms with Crippen molar-refractivity contribution in [3.05, 3.63) is 33.8 Å². The van der Waals surface area contributed by atoms with Crippen LogP contribution in [0.2, 0.25) is 0 Å². The molecule has 0 bridgehead atoms. The van der Waals surface area contributed by atoms with Crippen LogP contribution < -0.4 is 5.32 Å². The van der Waals surface area contributed by atoms with Gasteiger partial charge in [0.05, 0.1) is 5.41 Å². The summed E-state index contributed by atoms with van der Waals surface area (Å²) < 4.78 is 0.837. The molecule has 1 fully saturated rings. The molecule has 2 rings (SSSR count). The Labute approximate surface area is 133 Å². The van der Waals surface area contributed by atoms with E-state index in [0.717, 1.165) is 29.3 Å². The average molecular weight is 354 g/mol. The number of aryl methyl sites for hydroxylation is 1. The largest absolute Gasteiger partial charge is 0.481 e. The maximum atomic E-state index is 12.3. The number of aliphatic carboxylic acids is 1. The summed E-state index contributed by atoms with van der Waals surface area (Å²) in [6, 6.07) is 5.51. The molecule has 114 valence electrons. The summed E-state index contributed by atoms with van der Waals surface area (Å²) >= 11 is 3.35. The van der Waals surface area contributed by atoms with Crippen molar-refractivity contribution in [1.82, 2.24) is 5.32 Å². The Hall–Kier alpha value is -1.36. The van der Waals surface area contributed by atoms with Crippen LogP contribution in [0.15, 0.2) is 22.7 Å². The lowest BCUT2D eigenvalue weighted by molar-refractivity contribution is -0.150. The van der Waals surface area contributed by atoms with Crippen LogP contribution >= 0.6 is 15.9 Å². The topological polar surface area (TPSA) is 66.4 Å². The van der Waals surface area contributed by atoms with Gasteiger partial charge in [0, 0.05) is 16.6 Å². The molecule has 0 aromatic heterocycles. The number of hydrogen-bond donors (Lipinski definition) is 2. The molecule has 0 radical (unpaired) electrons. The molecule has 4 nitrogen and oxygen atoms in total. The molecule has 1 aliphatic carbocycles. The first-order chi connectivity index (χ1) is 9.94. The van der Waals surface area contributed by atoms with E-state index in [1.54, 1.807) is 6.07 Å². The Morgan fingerprint density at radius 3 is 2.57 bits per heavy atom. The number of halogens is 1. The van der Waals surface area contributed by atoms with E-state index in [2.05, 4.69) is 21.2 Å². The van der Waals surface area contributed by atoms with Crippen molar-refractivity contribution >= 4 is 27.8 Å². The van der Waals surface area contributed by atoms with E-state index in [-0.39, 0.29) is 12.5 Å². The van der Waals surface area contributed by atoms with Gasteiger partial charge in [-0.05, 0) is 37.5 Å². The van der Waals surface area contributed by atoms with Gasteiger partial charge in [0.1, 0.15) is 0 Å². The number of amides is 1. The maximum Gasteiger partial charge on any atom is 0.311 e. The van der Waals surface area contributed by atoms with Gasteiger partial charge in [0.2, 0.25) is 0 Å². The Morgan fingerprint density at radius 2 is 1.95 bits per heavy atom. The van der Waals surface area contributed by atoms with Crippen LogP contribution in [-0.4, -0.2) is 23.5 Å². The van der Waals surface area contributed by atoms with Crippen LogP contribution in [-0.2, 0) is 4.79 Å². The first-order valence-electron chi connectivity index (χ1n) is 7.22. The fourth-order valence-electron chi connectivity index (χ4n) is 2.88. The van der Waals surface area contributed by atoms with Gasteiger partial charge in [-0.25, -0.2) is 0 Å². The molecule has 1 amide bonds. The van der Waals surface area contributed by atoms with E-state index in [1.165, 1.54) is 0 Å². The molecular formula is C16H20BrNO3. The molecule has 0 heterocycles. The van der Waals surface area contributed by atoms with E-state index >= 15 is 0 Å². The smallest absolute Gasteiger partial charge is 0.311 e. The second-order valence-electron chi connectivity index (χ2n) is 5.79. The van der Waals surface area contributed by atoms with Crippen molar-refractivity contribution in [2.24, 2.45) is 5.41 Å². The van der Waals surface area contributed by atoms with Gasteiger partial charge >= 0.3 is 5.97 Å². The monoisotopic (exact) mass is 353 g/mol. The zero-order valence-corrected chi connectivity index (χ0v) is 13.7. The highest BCUT2D eigenvalue weighted by Crippen LogP contribution is 2.36. The molecule has 1 aliphatic rings. The van der Waals surface area contributed by atoms with Gasteiger partial charge in [0.25, 0.3) is 5.91 Å². The van der Waals surface area contributed by atoms with Gasteiger partial charge in [-0.1, -0.05) is 41.3 Å².